The van der Waals surface area contributed by atoms with E-state index in [9.17, 15) is 14.4 Å². The van der Waals surface area contributed by atoms with Crippen LogP contribution in [-0.2, 0) is 9.59 Å². The van der Waals surface area contributed by atoms with Crippen molar-refractivity contribution in [3.05, 3.63) is 54.1 Å². The SMILES string of the molecule is Cc1ccccc1N(C(=O)CCN1C(=O)NC2(CCCC2)C1=O)c1nc2ccccc2s1. The summed E-state index contributed by atoms with van der Waals surface area (Å²) in [5.74, 6) is -0.401. The molecule has 32 heavy (non-hydrogen) atoms. The number of urea groups is 1. The molecule has 3 aromatic rings. The quantitative estimate of drug-likeness (QED) is 0.582. The molecule has 1 N–H and O–H groups in total. The molecule has 8 heteroatoms. The molecule has 2 heterocycles. The highest BCUT2D eigenvalue weighted by molar-refractivity contribution is 7.22. The maximum atomic E-state index is 13.5. The van der Waals surface area contributed by atoms with Gasteiger partial charge in [-0.1, -0.05) is 54.5 Å². The number of amides is 4. The number of thiazole rings is 1. The van der Waals surface area contributed by atoms with E-state index in [2.05, 4.69) is 10.3 Å². The summed E-state index contributed by atoms with van der Waals surface area (Å²) in [6.45, 7) is 2.00. The number of hydrogen-bond acceptors (Lipinski definition) is 5. The van der Waals surface area contributed by atoms with Gasteiger partial charge in [0.15, 0.2) is 5.13 Å². The number of fused-ring (bicyclic) bond motifs is 1. The topological polar surface area (TPSA) is 82.6 Å². The average Bonchev–Trinajstić information content (AvgIpc) is 3.47. The average molecular weight is 449 g/mol. The number of benzene rings is 2. The molecule has 0 radical (unpaired) electrons. The molecule has 2 fully saturated rings. The summed E-state index contributed by atoms with van der Waals surface area (Å²) in [6.07, 6.45) is 3.22. The standard InChI is InChI=1S/C24H24N4O3S/c1-16-8-2-4-10-18(16)28(23-25-17-9-3-5-11-19(17)32-23)20(29)12-15-27-21(30)24(26-22(27)31)13-6-7-14-24/h2-5,8-11H,6-7,12-15H2,1H3,(H,26,31). The Kier molecular flexibility index (Phi) is 5.17. The molecule has 1 aliphatic carbocycles. The van der Waals surface area contributed by atoms with Gasteiger partial charge >= 0.3 is 6.03 Å². The Bertz CT molecular complexity index is 1180. The molecular formula is C24H24N4O3S. The second-order valence-electron chi connectivity index (χ2n) is 8.41. The highest BCUT2D eigenvalue weighted by atomic mass is 32.1. The van der Waals surface area contributed by atoms with Gasteiger partial charge in [-0.15, -0.1) is 0 Å². The summed E-state index contributed by atoms with van der Waals surface area (Å²) >= 11 is 1.45. The largest absolute Gasteiger partial charge is 0.325 e. The van der Waals surface area contributed by atoms with Crippen molar-refractivity contribution in [2.75, 3.05) is 11.4 Å². The molecule has 1 aromatic heterocycles. The third-order valence-corrected chi connectivity index (χ3v) is 7.35. The fourth-order valence-corrected chi connectivity index (χ4v) is 5.63. The fourth-order valence-electron chi connectivity index (χ4n) is 4.63. The summed E-state index contributed by atoms with van der Waals surface area (Å²) in [5, 5.41) is 3.45. The van der Waals surface area contributed by atoms with Crippen molar-refractivity contribution in [1.29, 1.82) is 0 Å². The first kappa shape index (κ1) is 20.6. The number of para-hydroxylation sites is 2. The first-order valence-electron chi connectivity index (χ1n) is 10.9. The minimum atomic E-state index is -0.761. The number of carbonyl (C=O) groups is 3. The van der Waals surface area contributed by atoms with Crippen molar-refractivity contribution in [2.45, 2.75) is 44.6 Å². The lowest BCUT2D eigenvalue weighted by Crippen LogP contribution is -2.44. The van der Waals surface area contributed by atoms with Crippen LogP contribution in [0.25, 0.3) is 10.2 Å². The summed E-state index contributed by atoms with van der Waals surface area (Å²) in [5.41, 5.74) is 1.76. The molecule has 0 unspecified atom stereocenters. The van der Waals surface area contributed by atoms with Crippen LogP contribution in [-0.4, -0.2) is 39.8 Å². The molecular weight excluding hydrogens is 424 g/mol. The fraction of sp³-hybridized carbons (Fsp3) is 0.333. The van der Waals surface area contributed by atoms with E-state index in [1.165, 1.54) is 16.2 Å². The molecule has 4 amide bonds. The van der Waals surface area contributed by atoms with Gasteiger partial charge in [-0.05, 0) is 43.5 Å². The Hall–Kier alpha value is -3.26. The van der Waals surface area contributed by atoms with E-state index in [4.69, 9.17) is 0 Å². The van der Waals surface area contributed by atoms with Gasteiger partial charge in [0.1, 0.15) is 5.54 Å². The lowest BCUT2D eigenvalue weighted by Gasteiger charge is -2.23. The number of carbonyl (C=O) groups excluding carboxylic acids is 3. The van der Waals surface area contributed by atoms with E-state index in [0.29, 0.717) is 18.0 Å². The molecule has 1 aliphatic heterocycles. The number of nitrogens with zero attached hydrogens (tertiary/aromatic N) is 3. The zero-order valence-electron chi connectivity index (χ0n) is 17.8. The van der Waals surface area contributed by atoms with Crippen molar-refractivity contribution < 1.29 is 14.4 Å². The number of imide groups is 1. The molecule has 7 nitrogen and oxygen atoms in total. The number of anilines is 2. The Morgan fingerprint density at radius 3 is 2.59 bits per heavy atom. The zero-order valence-corrected chi connectivity index (χ0v) is 18.7. The van der Waals surface area contributed by atoms with Crippen LogP contribution in [0.2, 0.25) is 0 Å². The maximum Gasteiger partial charge on any atom is 0.325 e. The Morgan fingerprint density at radius 1 is 1.12 bits per heavy atom. The maximum absolute atomic E-state index is 13.5. The van der Waals surface area contributed by atoms with Crippen molar-refractivity contribution in [3.8, 4) is 0 Å². The smallest absolute Gasteiger partial charge is 0.323 e. The molecule has 0 atom stereocenters. The number of rotatable bonds is 5. The van der Waals surface area contributed by atoms with Crippen LogP contribution in [0.15, 0.2) is 48.5 Å². The summed E-state index contributed by atoms with van der Waals surface area (Å²) < 4.78 is 0.992. The van der Waals surface area contributed by atoms with Crippen molar-refractivity contribution >= 4 is 50.2 Å². The molecule has 0 bridgehead atoms. The van der Waals surface area contributed by atoms with Crippen molar-refractivity contribution in [1.82, 2.24) is 15.2 Å². The predicted octanol–water partition coefficient (Wildman–Crippen LogP) is 4.52. The van der Waals surface area contributed by atoms with Gasteiger partial charge < -0.3 is 5.32 Å². The van der Waals surface area contributed by atoms with Crippen molar-refractivity contribution in [2.24, 2.45) is 0 Å². The monoisotopic (exact) mass is 448 g/mol. The van der Waals surface area contributed by atoms with Crippen LogP contribution in [0.4, 0.5) is 15.6 Å². The molecule has 1 saturated heterocycles. The number of nitrogens with one attached hydrogen (secondary N) is 1. The van der Waals surface area contributed by atoms with E-state index in [0.717, 1.165) is 34.3 Å². The van der Waals surface area contributed by atoms with Crippen molar-refractivity contribution in [3.63, 3.8) is 0 Å². The minimum Gasteiger partial charge on any atom is -0.323 e. The van der Waals surface area contributed by atoms with Crippen LogP contribution >= 0.6 is 11.3 Å². The van der Waals surface area contributed by atoms with Crippen LogP contribution in [0.5, 0.6) is 0 Å². The summed E-state index contributed by atoms with van der Waals surface area (Å²) in [4.78, 5) is 46.4. The molecule has 1 saturated carbocycles. The van der Waals surface area contributed by atoms with Crippen LogP contribution < -0.4 is 10.2 Å². The Morgan fingerprint density at radius 2 is 1.84 bits per heavy atom. The van der Waals surface area contributed by atoms with Gasteiger partial charge in [-0.2, -0.15) is 0 Å². The highest BCUT2D eigenvalue weighted by Crippen LogP contribution is 2.37. The number of aromatic nitrogens is 1. The van der Waals surface area contributed by atoms with Gasteiger partial charge in [0.2, 0.25) is 5.91 Å². The molecule has 2 aromatic carbocycles. The normalized spacial score (nSPS) is 17.3. The van der Waals surface area contributed by atoms with E-state index >= 15 is 0 Å². The third-order valence-electron chi connectivity index (χ3n) is 6.33. The predicted molar refractivity (Wildman–Crippen MR) is 124 cm³/mol. The van der Waals surface area contributed by atoms with Gasteiger partial charge in [0.05, 0.1) is 15.9 Å². The van der Waals surface area contributed by atoms with Gasteiger partial charge in [-0.25, -0.2) is 9.78 Å². The Labute approximate surface area is 190 Å². The summed E-state index contributed by atoms with van der Waals surface area (Å²) in [6, 6.07) is 15.0. The molecule has 164 valence electrons. The molecule has 5 rings (SSSR count). The van der Waals surface area contributed by atoms with Crippen LogP contribution in [0.3, 0.4) is 0 Å². The van der Waals surface area contributed by atoms with Crippen LogP contribution in [0, 0.1) is 6.92 Å². The van der Waals surface area contributed by atoms with E-state index in [-0.39, 0.29) is 24.8 Å². The highest BCUT2D eigenvalue weighted by Gasteiger charge is 2.52. The van der Waals surface area contributed by atoms with E-state index < -0.39 is 11.6 Å². The number of hydrogen-bond donors (Lipinski definition) is 1. The second-order valence-corrected chi connectivity index (χ2v) is 9.42. The molecule has 1 spiro atoms. The number of aryl methyl sites for hydroxylation is 1. The third kappa shape index (κ3) is 3.44. The van der Waals surface area contributed by atoms with Gasteiger partial charge in [0, 0.05) is 13.0 Å². The zero-order chi connectivity index (χ0) is 22.3. The minimum absolute atomic E-state index is 0.0273. The first-order valence-corrected chi connectivity index (χ1v) is 11.7. The first-order chi connectivity index (χ1) is 15.5. The molecule has 2 aliphatic rings. The van der Waals surface area contributed by atoms with Gasteiger partial charge in [-0.3, -0.25) is 19.4 Å². The lowest BCUT2D eigenvalue weighted by atomic mass is 9.98. The Balaban J connectivity index is 1.42. The van der Waals surface area contributed by atoms with E-state index in [1.54, 1.807) is 4.90 Å². The van der Waals surface area contributed by atoms with Gasteiger partial charge in [0.25, 0.3) is 5.91 Å². The second kappa shape index (κ2) is 8.02. The lowest BCUT2D eigenvalue weighted by molar-refractivity contribution is -0.131. The van der Waals surface area contributed by atoms with E-state index in [1.807, 2.05) is 55.5 Å². The van der Waals surface area contributed by atoms with Crippen LogP contribution in [0.1, 0.15) is 37.7 Å². The summed E-state index contributed by atoms with van der Waals surface area (Å²) in [7, 11) is 0.